The van der Waals surface area contributed by atoms with Crippen molar-refractivity contribution >= 4 is 29.8 Å². The van der Waals surface area contributed by atoms with E-state index >= 15 is 0 Å². The summed E-state index contributed by atoms with van der Waals surface area (Å²) in [6, 6.07) is 0. The average Bonchev–Trinajstić information content (AvgIpc) is 3.30. The summed E-state index contributed by atoms with van der Waals surface area (Å²) in [5.41, 5.74) is 0. The third-order valence-electron chi connectivity index (χ3n) is 12.6. The van der Waals surface area contributed by atoms with E-state index in [0.717, 1.165) is 116 Å². The van der Waals surface area contributed by atoms with E-state index < -0.39 is 0 Å². The molecule has 0 fully saturated rings. The van der Waals surface area contributed by atoms with E-state index in [1.165, 1.54) is 70.6 Å². The van der Waals surface area contributed by atoms with E-state index in [1.54, 1.807) is 0 Å². The van der Waals surface area contributed by atoms with E-state index in [4.69, 9.17) is 18.9 Å². The number of hydrogen-bond acceptors (Lipinski definition) is 10. The number of rotatable bonds is 48. The number of nitrogens with zero attached hydrogens (tertiary/aromatic N) is 2. The maximum Gasteiger partial charge on any atom is 0.306 e. The predicted molar refractivity (Wildman–Crippen MR) is 270 cm³/mol. The Balaban J connectivity index is 5.00. The fraction of sp³-hybridized carbons (Fsp3) is 0.909. The Morgan fingerprint density at radius 3 is 1.12 bits per heavy atom. The van der Waals surface area contributed by atoms with Gasteiger partial charge in [-0.3, -0.25) is 24.0 Å². The number of esters is 4. The zero-order valence-electron chi connectivity index (χ0n) is 44.1. The number of carbonyl (C=O) groups excluding carboxylic acids is 5. The van der Waals surface area contributed by atoms with Gasteiger partial charge in [-0.05, 0) is 97.7 Å². The molecule has 0 heterocycles. The van der Waals surface area contributed by atoms with Crippen LogP contribution in [0.5, 0.6) is 0 Å². The van der Waals surface area contributed by atoms with Crippen molar-refractivity contribution < 1.29 is 42.9 Å². The highest BCUT2D eigenvalue weighted by Gasteiger charge is 2.23. The third kappa shape index (κ3) is 40.4. The Labute approximate surface area is 405 Å². The molecule has 11 heteroatoms. The predicted octanol–water partition coefficient (Wildman–Crippen LogP) is 13.7. The molecule has 0 N–H and O–H groups in total. The monoisotopic (exact) mass is 937 g/mol. The second-order valence-electron chi connectivity index (χ2n) is 19.4. The zero-order chi connectivity index (χ0) is 48.9. The minimum Gasteiger partial charge on any atom is -0.465 e. The maximum absolute atomic E-state index is 13.5. The minimum atomic E-state index is -0.348. The van der Waals surface area contributed by atoms with Gasteiger partial charge in [-0.2, -0.15) is 0 Å². The summed E-state index contributed by atoms with van der Waals surface area (Å²) in [6.07, 6.45) is 32.3. The van der Waals surface area contributed by atoms with Crippen LogP contribution in [-0.4, -0.2) is 98.7 Å². The van der Waals surface area contributed by atoms with Crippen LogP contribution in [-0.2, 0) is 42.9 Å². The molecule has 0 bridgehead atoms. The Bertz CT molecular complexity index is 1120. The molecule has 11 nitrogen and oxygen atoms in total. The van der Waals surface area contributed by atoms with E-state index in [9.17, 15) is 24.0 Å². The van der Waals surface area contributed by atoms with Gasteiger partial charge in [0.15, 0.2) is 0 Å². The molecule has 0 saturated heterocycles. The minimum absolute atomic E-state index is 0.00249. The lowest BCUT2D eigenvalue weighted by atomic mass is 10.1. The SMILES string of the molecule is CCCCCCCCC(CC)OC(=O)CCCCCCC(=O)OCC(COC(=O)CCCCCCC(=O)OC(CC)CCCCCCCC)CN(CCCN(C)C)C(=O)CCCCCCC. The Morgan fingerprint density at radius 1 is 0.394 bits per heavy atom. The standard InChI is InChI=1S/C55H104N2O9/c1-8-13-16-19-22-28-36-49(11-4)65-54(61)41-33-26-24-31-39-52(59)63-46-48(45-57(44-35-43-56(6)7)51(58)38-30-21-18-15-10-3)47-64-53(60)40-32-25-27-34-42-55(62)66-50(12-5)37-29-23-20-17-14-9-2/h48-50H,8-47H2,1-7H3. The molecule has 0 radical (unpaired) electrons. The lowest BCUT2D eigenvalue weighted by molar-refractivity contribution is -0.151. The van der Waals surface area contributed by atoms with Crippen molar-refractivity contribution in [2.75, 3.05) is 46.9 Å². The van der Waals surface area contributed by atoms with Gasteiger partial charge in [0.2, 0.25) is 5.91 Å². The van der Waals surface area contributed by atoms with Crippen LogP contribution < -0.4 is 0 Å². The largest absolute Gasteiger partial charge is 0.465 e. The summed E-state index contributed by atoms with van der Waals surface area (Å²) in [5.74, 6) is -1.12. The van der Waals surface area contributed by atoms with Crippen LogP contribution in [0, 0.1) is 5.92 Å². The molecule has 1 amide bonds. The summed E-state index contributed by atoms with van der Waals surface area (Å²) in [7, 11) is 4.04. The molecular formula is C55H104N2O9. The fourth-order valence-electron chi connectivity index (χ4n) is 8.24. The summed E-state index contributed by atoms with van der Waals surface area (Å²) < 4.78 is 23.0. The number of carbonyl (C=O) groups is 5. The third-order valence-corrected chi connectivity index (χ3v) is 12.6. The number of unbranched alkanes of at least 4 members (excludes halogenated alkanes) is 20. The second-order valence-corrected chi connectivity index (χ2v) is 19.4. The van der Waals surface area contributed by atoms with Crippen molar-refractivity contribution in [3.05, 3.63) is 0 Å². The van der Waals surface area contributed by atoms with Crippen LogP contribution in [0.25, 0.3) is 0 Å². The van der Waals surface area contributed by atoms with Crippen LogP contribution in [0.15, 0.2) is 0 Å². The Morgan fingerprint density at radius 2 is 0.742 bits per heavy atom. The molecular weight excluding hydrogens is 833 g/mol. The van der Waals surface area contributed by atoms with Gasteiger partial charge in [0, 0.05) is 51.1 Å². The van der Waals surface area contributed by atoms with E-state index in [0.29, 0.717) is 45.2 Å². The molecule has 0 spiro atoms. The molecule has 0 rings (SSSR count). The van der Waals surface area contributed by atoms with Gasteiger partial charge in [-0.15, -0.1) is 0 Å². The van der Waals surface area contributed by atoms with Crippen molar-refractivity contribution in [1.29, 1.82) is 0 Å². The quantitative estimate of drug-likeness (QED) is 0.0330. The maximum atomic E-state index is 13.5. The second kappa shape index (κ2) is 46.1. The fourth-order valence-corrected chi connectivity index (χ4v) is 8.24. The molecule has 0 aromatic carbocycles. The van der Waals surface area contributed by atoms with Crippen LogP contribution in [0.2, 0.25) is 0 Å². The van der Waals surface area contributed by atoms with Gasteiger partial charge >= 0.3 is 23.9 Å². The van der Waals surface area contributed by atoms with Gasteiger partial charge < -0.3 is 28.7 Å². The molecule has 0 aliphatic rings. The number of ether oxygens (including phenoxy) is 4. The summed E-state index contributed by atoms with van der Waals surface area (Å²) in [6.45, 7) is 12.7. The lowest BCUT2D eigenvalue weighted by Gasteiger charge is -2.28. The molecule has 0 aliphatic heterocycles. The van der Waals surface area contributed by atoms with Crippen molar-refractivity contribution in [1.82, 2.24) is 9.80 Å². The summed E-state index contributed by atoms with van der Waals surface area (Å²) in [4.78, 5) is 68.4. The van der Waals surface area contributed by atoms with Crippen molar-refractivity contribution in [2.45, 2.75) is 272 Å². The van der Waals surface area contributed by atoms with Gasteiger partial charge in [-0.1, -0.05) is 150 Å². The van der Waals surface area contributed by atoms with Crippen LogP contribution in [0.4, 0.5) is 0 Å². The molecule has 0 saturated carbocycles. The summed E-state index contributed by atoms with van der Waals surface area (Å²) in [5, 5.41) is 0. The van der Waals surface area contributed by atoms with E-state index in [2.05, 4.69) is 39.5 Å². The van der Waals surface area contributed by atoms with E-state index in [-0.39, 0.29) is 74.0 Å². The first-order valence-electron chi connectivity index (χ1n) is 27.6. The van der Waals surface area contributed by atoms with Crippen LogP contribution in [0.1, 0.15) is 259 Å². The molecule has 0 aliphatic carbocycles. The van der Waals surface area contributed by atoms with Gasteiger partial charge in [0.25, 0.3) is 0 Å². The summed E-state index contributed by atoms with van der Waals surface area (Å²) >= 11 is 0. The highest BCUT2D eigenvalue weighted by Crippen LogP contribution is 2.18. The molecule has 0 aromatic rings. The first-order chi connectivity index (χ1) is 32.0. The molecule has 0 aromatic heterocycles. The van der Waals surface area contributed by atoms with Crippen LogP contribution in [0.3, 0.4) is 0 Å². The Kier molecular flexibility index (Phi) is 44.2. The smallest absolute Gasteiger partial charge is 0.306 e. The van der Waals surface area contributed by atoms with E-state index in [1.807, 2.05) is 19.0 Å². The molecule has 388 valence electrons. The highest BCUT2D eigenvalue weighted by molar-refractivity contribution is 5.76. The van der Waals surface area contributed by atoms with Gasteiger partial charge in [0.05, 0.1) is 13.2 Å². The van der Waals surface area contributed by atoms with Crippen molar-refractivity contribution in [2.24, 2.45) is 5.92 Å². The number of hydrogen-bond donors (Lipinski definition) is 0. The molecule has 2 atom stereocenters. The van der Waals surface area contributed by atoms with Gasteiger partial charge in [0.1, 0.15) is 12.2 Å². The lowest BCUT2D eigenvalue weighted by Crippen LogP contribution is -2.40. The molecule has 66 heavy (non-hydrogen) atoms. The Hall–Kier alpha value is -2.69. The normalized spacial score (nSPS) is 12.7. The highest BCUT2D eigenvalue weighted by atomic mass is 16.6. The molecule has 2 unspecified atom stereocenters. The first kappa shape index (κ1) is 63.3. The first-order valence-corrected chi connectivity index (χ1v) is 27.6. The topological polar surface area (TPSA) is 129 Å². The van der Waals surface area contributed by atoms with Gasteiger partial charge in [-0.25, -0.2) is 0 Å². The number of amides is 1. The van der Waals surface area contributed by atoms with Crippen molar-refractivity contribution in [3.63, 3.8) is 0 Å². The van der Waals surface area contributed by atoms with Crippen LogP contribution >= 0.6 is 0 Å². The average molecular weight is 937 g/mol. The zero-order valence-corrected chi connectivity index (χ0v) is 44.1. The van der Waals surface area contributed by atoms with Crippen molar-refractivity contribution in [3.8, 4) is 0 Å².